The van der Waals surface area contributed by atoms with E-state index in [0.717, 1.165) is 38.4 Å². The van der Waals surface area contributed by atoms with Crippen molar-refractivity contribution in [2.45, 2.75) is 6.42 Å². The van der Waals surface area contributed by atoms with E-state index in [1.54, 1.807) is 12.1 Å². The van der Waals surface area contributed by atoms with Crippen molar-refractivity contribution in [3.05, 3.63) is 64.5 Å². The predicted octanol–water partition coefficient (Wildman–Crippen LogP) is 2.00. The maximum absolute atomic E-state index is 13.0. The Morgan fingerprint density at radius 3 is 2.23 bits per heavy atom. The van der Waals surface area contributed by atoms with Gasteiger partial charge in [-0.1, -0.05) is 0 Å². The minimum atomic E-state index is -0.818. The summed E-state index contributed by atoms with van der Waals surface area (Å²) >= 11 is 0. The Hall–Kier alpha value is -3.53. The van der Waals surface area contributed by atoms with Crippen LogP contribution in [0, 0.1) is 15.9 Å². The van der Waals surface area contributed by atoms with Gasteiger partial charge in [0.25, 0.3) is 5.69 Å². The highest BCUT2D eigenvalue weighted by molar-refractivity contribution is 6.39. The number of hydrogen-bond donors (Lipinski definition) is 2. The Bertz CT molecular complexity index is 912. The number of anilines is 2. The van der Waals surface area contributed by atoms with Gasteiger partial charge in [-0.2, -0.15) is 0 Å². The Labute approximate surface area is 179 Å². The molecule has 2 aromatic rings. The van der Waals surface area contributed by atoms with Crippen molar-refractivity contribution in [3.8, 4) is 0 Å². The molecule has 1 aliphatic heterocycles. The van der Waals surface area contributed by atoms with E-state index in [0.29, 0.717) is 18.7 Å². The number of piperazine rings is 1. The molecule has 164 valence electrons. The van der Waals surface area contributed by atoms with Crippen molar-refractivity contribution in [1.82, 2.24) is 10.2 Å². The van der Waals surface area contributed by atoms with E-state index in [1.165, 1.54) is 36.4 Å². The van der Waals surface area contributed by atoms with Gasteiger partial charge in [0.15, 0.2) is 0 Å². The lowest BCUT2D eigenvalue weighted by Crippen LogP contribution is -2.47. The van der Waals surface area contributed by atoms with Crippen LogP contribution in [0.1, 0.15) is 6.42 Å². The van der Waals surface area contributed by atoms with E-state index in [1.807, 2.05) is 0 Å². The molecule has 0 unspecified atom stereocenters. The van der Waals surface area contributed by atoms with Gasteiger partial charge in [-0.3, -0.25) is 24.6 Å². The van der Waals surface area contributed by atoms with E-state index in [9.17, 15) is 24.1 Å². The molecule has 1 aliphatic rings. The maximum Gasteiger partial charge on any atom is 0.313 e. The first-order chi connectivity index (χ1) is 14.9. The van der Waals surface area contributed by atoms with Crippen LogP contribution < -0.4 is 15.5 Å². The molecule has 3 rings (SSSR count). The first kappa shape index (κ1) is 22.2. The third-order valence-corrected chi connectivity index (χ3v) is 5.04. The lowest BCUT2D eigenvalue weighted by Gasteiger charge is -2.36. The average Bonchev–Trinajstić information content (AvgIpc) is 2.78. The highest BCUT2D eigenvalue weighted by atomic mass is 19.1. The van der Waals surface area contributed by atoms with Gasteiger partial charge in [-0.15, -0.1) is 0 Å². The molecule has 0 saturated carbocycles. The Morgan fingerprint density at radius 2 is 1.61 bits per heavy atom. The highest BCUT2D eigenvalue weighted by Crippen LogP contribution is 2.17. The molecule has 0 bridgehead atoms. The molecule has 9 nitrogen and oxygen atoms in total. The minimum absolute atomic E-state index is 0.0963. The summed E-state index contributed by atoms with van der Waals surface area (Å²) in [6.45, 7) is 4.58. The van der Waals surface area contributed by atoms with Crippen molar-refractivity contribution in [2.24, 2.45) is 0 Å². The normalized spacial score (nSPS) is 14.2. The van der Waals surface area contributed by atoms with E-state index < -0.39 is 16.7 Å². The molecular formula is C21H24FN5O4. The van der Waals surface area contributed by atoms with Gasteiger partial charge in [0.05, 0.1) is 4.92 Å². The van der Waals surface area contributed by atoms with Crippen molar-refractivity contribution in [1.29, 1.82) is 0 Å². The number of rotatable bonds is 7. The van der Waals surface area contributed by atoms with Crippen molar-refractivity contribution in [3.63, 3.8) is 0 Å². The fourth-order valence-electron chi connectivity index (χ4n) is 3.32. The second-order valence-corrected chi connectivity index (χ2v) is 7.17. The SMILES string of the molecule is O=C(NCCCN1CCN(c2ccc(F)cc2)CC1)C(=O)Nc1ccc([N+](=O)[O-])cc1. The fraction of sp³-hybridized carbons (Fsp3) is 0.333. The summed E-state index contributed by atoms with van der Waals surface area (Å²) in [5.41, 5.74) is 1.22. The zero-order chi connectivity index (χ0) is 22.2. The Morgan fingerprint density at radius 1 is 0.968 bits per heavy atom. The van der Waals surface area contributed by atoms with Crippen molar-refractivity contribution in [2.75, 3.05) is 49.5 Å². The maximum atomic E-state index is 13.0. The summed E-state index contributed by atoms with van der Waals surface area (Å²) in [6, 6.07) is 11.7. The molecule has 31 heavy (non-hydrogen) atoms. The van der Waals surface area contributed by atoms with Gasteiger partial charge >= 0.3 is 11.8 Å². The van der Waals surface area contributed by atoms with Crippen LogP contribution in [0.3, 0.4) is 0 Å². The highest BCUT2D eigenvalue weighted by Gasteiger charge is 2.18. The first-order valence-corrected chi connectivity index (χ1v) is 9.99. The average molecular weight is 429 g/mol. The number of carbonyl (C=O) groups is 2. The number of amides is 2. The number of benzene rings is 2. The summed E-state index contributed by atoms with van der Waals surface area (Å²) in [7, 11) is 0. The molecule has 2 N–H and O–H groups in total. The molecular weight excluding hydrogens is 405 g/mol. The van der Waals surface area contributed by atoms with Gasteiger partial charge in [-0.25, -0.2) is 4.39 Å². The summed E-state index contributed by atoms with van der Waals surface area (Å²) in [4.78, 5) is 38.4. The van der Waals surface area contributed by atoms with Crippen molar-refractivity contribution < 1.29 is 18.9 Å². The van der Waals surface area contributed by atoms with E-state index in [4.69, 9.17) is 0 Å². The molecule has 1 fully saturated rings. The number of halogens is 1. The number of nitrogens with one attached hydrogen (secondary N) is 2. The largest absolute Gasteiger partial charge is 0.369 e. The van der Waals surface area contributed by atoms with Gasteiger partial charge in [0.2, 0.25) is 0 Å². The van der Waals surface area contributed by atoms with Crippen LogP contribution >= 0.6 is 0 Å². The van der Waals surface area contributed by atoms with Crippen LogP contribution in [0.5, 0.6) is 0 Å². The van der Waals surface area contributed by atoms with Gasteiger partial charge in [-0.05, 0) is 49.4 Å². The third-order valence-electron chi connectivity index (χ3n) is 5.04. The standard InChI is InChI=1S/C21H24FN5O4/c22-16-2-6-18(7-3-16)26-14-12-25(13-15-26)11-1-10-23-20(28)21(29)24-17-4-8-19(9-5-17)27(30)31/h2-9H,1,10-15H2,(H,23,28)(H,24,29). The molecule has 0 atom stereocenters. The fourth-order valence-corrected chi connectivity index (χ4v) is 3.32. The Kier molecular flexibility index (Phi) is 7.50. The topological polar surface area (TPSA) is 108 Å². The number of nitrogens with zero attached hydrogens (tertiary/aromatic N) is 3. The molecule has 0 aliphatic carbocycles. The Balaban J connectivity index is 1.32. The van der Waals surface area contributed by atoms with Crippen LogP contribution in [0.15, 0.2) is 48.5 Å². The monoisotopic (exact) mass is 429 g/mol. The van der Waals surface area contributed by atoms with Crippen LogP contribution in [-0.2, 0) is 9.59 Å². The molecule has 0 radical (unpaired) electrons. The smallest absolute Gasteiger partial charge is 0.313 e. The zero-order valence-electron chi connectivity index (χ0n) is 16.9. The second kappa shape index (κ2) is 10.5. The molecule has 0 aromatic heterocycles. The summed E-state index contributed by atoms with van der Waals surface area (Å²) in [5.74, 6) is -1.81. The summed E-state index contributed by atoms with van der Waals surface area (Å²) in [6.07, 6.45) is 0.701. The summed E-state index contributed by atoms with van der Waals surface area (Å²) in [5, 5.41) is 15.6. The number of nitro benzene ring substituents is 1. The molecule has 2 aromatic carbocycles. The molecule has 1 heterocycles. The van der Waals surface area contributed by atoms with Crippen LogP contribution in [0.25, 0.3) is 0 Å². The molecule has 0 spiro atoms. The third kappa shape index (κ3) is 6.48. The zero-order valence-corrected chi connectivity index (χ0v) is 16.9. The van der Waals surface area contributed by atoms with Crippen LogP contribution in [0.4, 0.5) is 21.5 Å². The number of nitro groups is 1. The minimum Gasteiger partial charge on any atom is -0.369 e. The lowest BCUT2D eigenvalue weighted by atomic mass is 10.2. The van der Waals surface area contributed by atoms with E-state index in [2.05, 4.69) is 20.4 Å². The lowest BCUT2D eigenvalue weighted by molar-refractivity contribution is -0.384. The number of hydrogen-bond acceptors (Lipinski definition) is 6. The van der Waals surface area contributed by atoms with Crippen LogP contribution in [0.2, 0.25) is 0 Å². The van der Waals surface area contributed by atoms with Crippen LogP contribution in [-0.4, -0.2) is 60.9 Å². The second-order valence-electron chi connectivity index (χ2n) is 7.17. The first-order valence-electron chi connectivity index (χ1n) is 9.99. The number of non-ortho nitro benzene ring substituents is 1. The molecule has 1 saturated heterocycles. The summed E-state index contributed by atoms with van der Waals surface area (Å²) < 4.78 is 13.0. The number of carbonyl (C=O) groups excluding carboxylic acids is 2. The van der Waals surface area contributed by atoms with E-state index in [-0.39, 0.29) is 11.5 Å². The predicted molar refractivity (Wildman–Crippen MR) is 114 cm³/mol. The van der Waals surface area contributed by atoms with Gasteiger partial charge < -0.3 is 15.5 Å². The quantitative estimate of drug-likeness (QED) is 0.302. The van der Waals surface area contributed by atoms with Gasteiger partial charge in [0, 0.05) is 56.2 Å². The molecule has 10 heteroatoms. The molecule has 2 amide bonds. The van der Waals surface area contributed by atoms with E-state index >= 15 is 0 Å². The van der Waals surface area contributed by atoms with Gasteiger partial charge in [0.1, 0.15) is 5.82 Å². The van der Waals surface area contributed by atoms with Crippen molar-refractivity contribution >= 4 is 28.9 Å².